The number of carbonyl (C=O) groups excluding carboxylic acids is 1. The van der Waals surface area contributed by atoms with Gasteiger partial charge in [-0.3, -0.25) is 0 Å². The number of carbonyl (C=O) groups is 1. The van der Waals surface area contributed by atoms with Crippen LogP contribution < -0.4 is 4.74 Å². The molecule has 0 radical (unpaired) electrons. The van der Waals surface area contributed by atoms with Crippen LogP contribution in [0.4, 0.5) is 0 Å². The van der Waals surface area contributed by atoms with Crippen LogP contribution in [0.25, 0.3) is 5.57 Å². The van der Waals surface area contributed by atoms with E-state index < -0.39 is 0 Å². The Hall–Kier alpha value is -1.77. The molecule has 0 aromatic heterocycles. The first-order valence-corrected chi connectivity index (χ1v) is 7.77. The van der Waals surface area contributed by atoms with Gasteiger partial charge in [-0.15, -0.1) is 0 Å². The molecule has 0 amide bonds. The third-order valence-electron chi connectivity index (χ3n) is 4.03. The summed E-state index contributed by atoms with van der Waals surface area (Å²) in [5, 5.41) is 0. The van der Waals surface area contributed by atoms with Crippen molar-refractivity contribution in [3.8, 4) is 5.75 Å². The Labute approximate surface area is 127 Å². The molecular formula is C18H24O3. The molecule has 1 fully saturated rings. The summed E-state index contributed by atoms with van der Waals surface area (Å²) in [6.07, 6.45) is 7.75. The van der Waals surface area contributed by atoms with Gasteiger partial charge in [0.2, 0.25) is 0 Å². The van der Waals surface area contributed by atoms with E-state index in [0.717, 1.165) is 29.7 Å². The highest BCUT2D eigenvalue weighted by atomic mass is 16.5. The van der Waals surface area contributed by atoms with Gasteiger partial charge in [0.1, 0.15) is 5.75 Å². The number of benzene rings is 1. The van der Waals surface area contributed by atoms with Crippen LogP contribution in [0.15, 0.2) is 30.3 Å². The molecule has 0 atom stereocenters. The number of methoxy groups -OCH3 is 1. The Morgan fingerprint density at radius 2 is 1.86 bits per heavy atom. The Balaban J connectivity index is 2.26. The van der Waals surface area contributed by atoms with Crippen molar-refractivity contribution < 1.29 is 14.3 Å². The number of allylic oxidation sites excluding steroid dienone is 1. The van der Waals surface area contributed by atoms with E-state index in [2.05, 4.69) is 0 Å². The van der Waals surface area contributed by atoms with Crippen molar-refractivity contribution in [3.63, 3.8) is 0 Å². The molecule has 21 heavy (non-hydrogen) atoms. The molecule has 1 aromatic carbocycles. The molecule has 3 nitrogen and oxygen atoms in total. The van der Waals surface area contributed by atoms with Gasteiger partial charge < -0.3 is 9.47 Å². The number of rotatable bonds is 5. The fraction of sp³-hybridized carbons (Fsp3) is 0.500. The van der Waals surface area contributed by atoms with Crippen molar-refractivity contribution in [1.82, 2.24) is 0 Å². The SMILES string of the molecule is CCOC(=O)C=C(c1ccc(OC)cc1)C1CCCCC1. The average molecular weight is 288 g/mol. The molecule has 0 aliphatic heterocycles. The summed E-state index contributed by atoms with van der Waals surface area (Å²) in [6, 6.07) is 7.94. The molecule has 0 unspecified atom stereocenters. The van der Waals surface area contributed by atoms with Crippen molar-refractivity contribution in [2.75, 3.05) is 13.7 Å². The highest BCUT2D eigenvalue weighted by Crippen LogP contribution is 2.35. The quantitative estimate of drug-likeness (QED) is 0.601. The molecular weight excluding hydrogens is 264 g/mol. The van der Waals surface area contributed by atoms with Crippen LogP contribution in [-0.4, -0.2) is 19.7 Å². The zero-order chi connectivity index (χ0) is 15.1. The minimum Gasteiger partial charge on any atom is -0.497 e. The van der Waals surface area contributed by atoms with Gasteiger partial charge in [0, 0.05) is 6.08 Å². The van der Waals surface area contributed by atoms with E-state index in [9.17, 15) is 4.79 Å². The smallest absolute Gasteiger partial charge is 0.331 e. The van der Waals surface area contributed by atoms with E-state index in [1.54, 1.807) is 13.2 Å². The van der Waals surface area contributed by atoms with E-state index in [-0.39, 0.29) is 5.97 Å². The van der Waals surface area contributed by atoms with Crippen LogP contribution in [0.2, 0.25) is 0 Å². The summed E-state index contributed by atoms with van der Waals surface area (Å²) in [6.45, 7) is 2.25. The Bertz CT molecular complexity index is 482. The van der Waals surface area contributed by atoms with Crippen LogP contribution in [0, 0.1) is 5.92 Å². The molecule has 114 valence electrons. The summed E-state index contributed by atoms with van der Waals surface area (Å²) in [4.78, 5) is 11.9. The molecule has 1 aromatic rings. The van der Waals surface area contributed by atoms with Gasteiger partial charge in [-0.05, 0) is 49.0 Å². The predicted molar refractivity (Wildman–Crippen MR) is 84.2 cm³/mol. The second kappa shape index (κ2) is 7.87. The molecule has 1 aliphatic rings. The van der Waals surface area contributed by atoms with E-state index in [1.807, 2.05) is 31.2 Å². The van der Waals surface area contributed by atoms with Gasteiger partial charge in [0.15, 0.2) is 0 Å². The third kappa shape index (κ3) is 4.35. The lowest BCUT2D eigenvalue weighted by Gasteiger charge is -2.24. The first kappa shape index (κ1) is 15.6. The van der Waals surface area contributed by atoms with Gasteiger partial charge in [-0.25, -0.2) is 4.79 Å². The highest BCUT2D eigenvalue weighted by Gasteiger charge is 2.20. The lowest BCUT2D eigenvalue weighted by Crippen LogP contribution is -2.11. The molecule has 0 N–H and O–H groups in total. The zero-order valence-electron chi connectivity index (χ0n) is 12.9. The van der Waals surface area contributed by atoms with E-state index in [0.29, 0.717) is 12.5 Å². The molecule has 2 rings (SSSR count). The van der Waals surface area contributed by atoms with Crippen molar-refractivity contribution >= 4 is 11.5 Å². The van der Waals surface area contributed by atoms with Crippen molar-refractivity contribution in [2.45, 2.75) is 39.0 Å². The van der Waals surface area contributed by atoms with Gasteiger partial charge in [-0.2, -0.15) is 0 Å². The second-order valence-corrected chi connectivity index (χ2v) is 5.42. The van der Waals surface area contributed by atoms with Crippen molar-refractivity contribution in [1.29, 1.82) is 0 Å². The Kier molecular flexibility index (Phi) is 5.85. The van der Waals surface area contributed by atoms with Crippen LogP contribution in [-0.2, 0) is 9.53 Å². The fourth-order valence-corrected chi connectivity index (χ4v) is 2.94. The maximum absolute atomic E-state index is 11.9. The van der Waals surface area contributed by atoms with Gasteiger partial charge >= 0.3 is 5.97 Å². The highest BCUT2D eigenvalue weighted by molar-refractivity contribution is 5.92. The lowest BCUT2D eigenvalue weighted by atomic mass is 9.81. The van der Waals surface area contributed by atoms with Crippen LogP contribution in [0.1, 0.15) is 44.6 Å². The second-order valence-electron chi connectivity index (χ2n) is 5.42. The van der Waals surface area contributed by atoms with Crippen LogP contribution in [0.3, 0.4) is 0 Å². The summed E-state index contributed by atoms with van der Waals surface area (Å²) in [7, 11) is 1.66. The van der Waals surface area contributed by atoms with Crippen molar-refractivity contribution in [3.05, 3.63) is 35.9 Å². The maximum Gasteiger partial charge on any atom is 0.331 e. The largest absolute Gasteiger partial charge is 0.497 e. The molecule has 0 bridgehead atoms. The number of hydrogen-bond acceptors (Lipinski definition) is 3. The first-order chi connectivity index (χ1) is 10.2. The van der Waals surface area contributed by atoms with E-state index in [4.69, 9.17) is 9.47 Å². The fourth-order valence-electron chi connectivity index (χ4n) is 2.94. The molecule has 0 saturated heterocycles. The average Bonchev–Trinajstić information content (AvgIpc) is 2.54. The summed E-state index contributed by atoms with van der Waals surface area (Å²) in [5.41, 5.74) is 2.20. The van der Waals surface area contributed by atoms with E-state index in [1.165, 1.54) is 19.3 Å². The molecule has 1 saturated carbocycles. The minimum absolute atomic E-state index is 0.242. The van der Waals surface area contributed by atoms with E-state index >= 15 is 0 Å². The normalized spacial score (nSPS) is 16.6. The van der Waals surface area contributed by atoms with Gasteiger partial charge in [0.25, 0.3) is 0 Å². The number of ether oxygens (including phenoxy) is 2. The summed E-state index contributed by atoms with van der Waals surface area (Å²) < 4.78 is 10.3. The Morgan fingerprint density at radius 1 is 1.19 bits per heavy atom. The maximum atomic E-state index is 11.9. The predicted octanol–water partition coefficient (Wildman–Crippen LogP) is 4.22. The third-order valence-corrected chi connectivity index (χ3v) is 4.03. The lowest BCUT2D eigenvalue weighted by molar-refractivity contribution is -0.137. The summed E-state index contributed by atoms with van der Waals surface area (Å²) in [5.74, 6) is 1.04. The molecule has 1 aliphatic carbocycles. The monoisotopic (exact) mass is 288 g/mol. The standard InChI is InChI=1S/C18H24O3/c1-3-21-18(19)13-17(14-7-5-4-6-8-14)15-9-11-16(20-2)12-10-15/h9-14H,3-8H2,1-2H3. The van der Waals surface area contributed by atoms with Gasteiger partial charge in [0.05, 0.1) is 13.7 Å². The molecule has 0 spiro atoms. The van der Waals surface area contributed by atoms with Crippen molar-refractivity contribution in [2.24, 2.45) is 5.92 Å². The number of hydrogen-bond donors (Lipinski definition) is 0. The zero-order valence-corrected chi connectivity index (χ0v) is 12.9. The molecule has 0 heterocycles. The minimum atomic E-state index is -0.242. The molecule has 3 heteroatoms. The topological polar surface area (TPSA) is 35.5 Å². The van der Waals surface area contributed by atoms with Gasteiger partial charge in [-0.1, -0.05) is 31.4 Å². The van der Waals surface area contributed by atoms with Crippen LogP contribution >= 0.6 is 0 Å². The Morgan fingerprint density at radius 3 is 2.43 bits per heavy atom. The first-order valence-electron chi connectivity index (χ1n) is 7.77. The number of esters is 1. The summed E-state index contributed by atoms with van der Waals surface area (Å²) >= 11 is 0. The van der Waals surface area contributed by atoms with Crippen LogP contribution in [0.5, 0.6) is 5.75 Å².